The Hall–Kier alpha value is -2.86. The number of ether oxygens (including phenoxy) is 1. The standard InChI is InChI=1S/C20H21N3O3/c24-19-14-18(21-15-4-2-1-3-5-15)20(25)23(19)17-8-6-16(7-9-17)22-10-12-26-13-11-22/h1-9,18,21H,10-14H2/t18-/m1/s1. The fourth-order valence-corrected chi connectivity index (χ4v) is 3.39. The van der Waals surface area contributed by atoms with E-state index in [2.05, 4.69) is 10.2 Å². The zero-order valence-electron chi connectivity index (χ0n) is 14.4. The van der Waals surface area contributed by atoms with E-state index in [4.69, 9.17) is 4.74 Å². The van der Waals surface area contributed by atoms with Gasteiger partial charge in [0.1, 0.15) is 6.04 Å². The van der Waals surface area contributed by atoms with Crippen LogP contribution in [-0.2, 0) is 14.3 Å². The number of anilines is 3. The first kappa shape index (κ1) is 16.6. The molecule has 1 N–H and O–H groups in total. The van der Waals surface area contributed by atoms with Crippen LogP contribution in [0.3, 0.4) is 0 Å². The molecule has 2 saturated heterocycles. The summed E-state index contributed by atoms with van der Waals surface area (Å²) in [6.45, 7) is 3.14. The number of amides is 2. The van der Waals surface area contributed by atoms with Gasteiger partial charge in [-0.2, -0.15) is 0 Å². The normalized spacial score (nSPS) is 20.5. The number of nitrogens with zero attached hydrogens (tertiary/aromatic N) is 2. The van der Waals surface area contributed by atoms with Crippen molar-refractivity contribution in [3.8, 4) is 0 Å². The zero-order chi connectivity index (χ0) is 17.9. The Morgan fingerprint density at radius 3 is 2.23 bits per heavy atom. The van der Waals surface area contributed by atoms with E-state index in [1.165, 1.54) is 4.90 Å². The molecule has 0 unspecified atom stereocenters. The van der Waals surface area contributed by atoms with Crippen LogP contribution in [0.15, 0.2) is 54.6 Å². The van der Waals surface area contributed by atoms with Crippen molar-refractivity contribution in [2.75, 3.05) is 41.4 Å². The quantitative estimate of drug-likeness (QED) is 0.856. The number of para-hydroxylation sites is 1. The van der Waals surface area contributed by atoms with E-state index >= 15 is 0 Å². The van der Waals surface area contributed by atoms with Crippen LogP contribution >= 0.6 is 0 Å². The summed E-state index contributed by atoms with van der Waals surface area (Å²) < 4.78 is 5.37. The highest BCUT2D eigenvalue weighted by Crippen LogP contribution is 2.27. The van der Waals surface area contributed by atoms with E-state index in [1.807, 2.05) is 54.6 Å². The number of morpholine rings is 1. The Kier molecular flexibility index (Phi) is 4.58. The van der Waals surface area contributed by atoms with Gasteiger partial charge in [-0.3, -0.25) is 9.59 Å². The highest BCUT2D eigenvalue weighted by Gasteiger charge is 2.39. The first-order valence-electron chi connectivity index (χ1n) is 8.83. The van der Waals surface area contributed by atoms with E-state index in [0.717, 1.165) is 37.7 Å². The lowest BCUT2D eigenvalue weighted by atomic mass is 10.2. The van der Waals surface area contributed by atoms with Crippen molar-refractivity contribution in [3.05, 3.63) is 54.6 Å². The third-order valence-corrected chi connectivity index (χ3v) is 4.75. The number of rotatable bonds is 4. The van der Waals surface area contributed by atoms with Crippen LogP contribution in [0.25, 0.3) is 0 Å². The average molecular weight is 351 g/mol. The largest absolute Gasteiger partial charge is 0.378 e. The van der Waals surface area contributed by atoms with Gasteiger partial charge in [-0.25, -0.2) is 4.90 Å². The maximum Gasteiger partial charge on any atom is 0.256 e. The van der Waals surface area contributed by atoms with Crippen LogP contribution < -0.4 is 15.1 Å². The molecule has 2 fully saturated rings. The molecule has 2 aromatic rings. The molecule has 26 heavy (non-hydrogen) atoms. The molecule has 6 heteroatoms. The van der Waals surface area contributed by atoms with Crippen molar-refractivity contribution in [1.29, 1.82) is 0 Å². The summed E-state index contributed by atoms with van der Waals surface area (Å²) >= 11 is 0. The van der Waals surface area contributed by atoms with E-state index < -0.39 is 6.04 Å². The summed E-state index contributed by atoms with van der Waals surface area (Å²) in [7, 11) is 0. The van der Waals surface area contributed by atoms with Crippen molar-refractivity contribution < 1.29 is 14.3 Å². The van der Waals surface area contributed by atoms with Gasteiger partial charge in [0.05, 0.1) is 25.3 Å². The number of nitrogens with one attached hydrogen (secondary N) is 1. The predicted octanol–water partition coefficient (Wildman–Crippen LogP) is 2.27. The highest BCUT2D eigenvalue weighted by molar-refractivity contribution is 6.23. The maximum absolute atomic E-state index is 12.7. The fourth-order valence-electron chi connectivity index (χ4n) is 3.39. The molecule has 2 aliphatic rings. The van der Waals surface area contributed by atoms with Crippen LogP contribution in [0.2, 0.25) is 0 Å². The molecule has 1 atom stereocenters. The second-order valence-electron chi connectivity index (χ2n) is 6.45. The predicted molar refractivity (Wildman–Crippen MR) is 100 cm³/mol. The van der Waals surface area contributed by atoms with E-state index in [9.17, 15) is 9.59 Å². The molecule has 134 valence electrons. The monoisotopic (exact) mass is 351 g/mol. The minimum atomic E-state index is -0.524. The Balaban J connectivity index is 1.48. The molecule has 0 spiro atoms. The number of imide groups is 1. The first-order valence-corrected chi connectivity index (χ1v) is 8.83. The summed E-state index contributed by atoms with van der Waals surface area (Å²) in [6.07, 6.45) is 0.166. The Bertz CT molecular complexity index is 786. The van der Waals surface area contributed by atoms with Gasteiger partial charge in [-0.05, 0) is 36.4 Å². The van der Waals surface area contributed by atoms with Crippen molar-refractivity contribution in [1.82, 2.24) is 0 Å². The van der Waals surface area contributed by atoms with Crippen LogP contribution in [0.5, 0.6) is 0 Å². The second kappa shape index (κ2) is 7.17. The lowest BCUT2D eigenvalue weighted by molar-refractivity contribution is -0.121. The number of hydrogen-bond donors (Lipinski definition) is 1. The van der Waals surface area contributed by atoms with Gasteiger partial charge in [0.25, 0.3) is 5.91 Å². The molecule has 4 rings (SSSR count). The molecule has 0 radical (unpaired) electrons. The van der Waals surface area contributed by atoms with E-state index in [1.54, 1.807) is 0 Å². The Morgan fingerprint density at radius 1 is 0.885 bits per heavy atom. The first-order chi connectivity index (χ1) is 12.7. The highest BCUT2D eigenvalue weighted by atomic mass is 16.5. The fraction of sp³-hybridized carbons (Fsp3) is 0.300. The summed E-state index contributed by atoms with van der Waals surface area (Å²) in [6, 6.07) is 16.5. The zero-order valence-corrected chi connectivity index (χ0v) is 14.4. The molecule has 2 aliphatic heterocycles. The van der Waals surface area contributed by atoms with Crippen LogP contribution in [0, 0.1) is 0 Å². The van der Waals surface area contributed by atoms with Crippen molar-refractivity contribution >= 4 is 28.9 Å². The molecular formula is C20H21N3O3. The number of hydrogen-bond acceptors (Lipinski definition) is 5. The van der Waals surface area contributed by atoms with E-state index in [0.29, 0.717) is 5.69 Å². The maximum atomic E-state index is 12.7. The van der Waals surface area contributed by atoms with Gasteiger partial charge in [0, 0.05) is 24.5 Å². The van der Waals surface area contributed by atoms with Gasteiger partial charge in [-0.1, -0.05) is 18.2 Å². The molecule has 0 saturated carbocycles. The van der Waals surface area contributed by atoms with Crippen LogP contribution in [-0.4, -0.2) is 44.2 Å². The molecular weight excluding hydrogens is 330 g/mol. The minimum absolute atomic E-state index is 0.166. The molecule has 0 aromatic heterocycles. The summed E-state index contributed by atoms with van der Waals surface area (Å²) in [4.78, 5) is 28.7. The summed E-state index contributed by atoms with van der Waals surface area (Å²) in [5.41, 5.74) is 2.53. The smallest absolute Gasteiger partial charge is 0.256 e. The molecule has 2 aromatic carbocycles. The molecule has 2 heterocycles. The Labute approximate surface area is 152 Å². The molecule has 0 aliphatic carbocycles. The lowest BCUT2D eigenvalue weighted by Crippen LogP contribution is -2.36. The number of carbonyl (C=O) groups is 2. The molecule has 2 amide bonds. The van der Waals surface area contributed by atoms with Gasteiger partial charge in [0.15, 0.2) is 0 Å². The molecule has 0 bridgehead atoms. The van der Waals surface area contributed by atoms with Crippen LogP contribution in [0.4, 0.5) is 17.1 Å². The third-order valence-electron chi connectivity index (χ3n) is 4.75. The second-order valence-corrected chi connectivity index (χ2v) is 6.45. The van der Waals surface area contributed by atoms with Gasteiger partial charge in [-0.15, -0.1) is 0 Å². The topological polar surface area (TPSA) is 61.9 Å². The summed E-state index contributed by atoms with van der Waals surface area (Å²) in [5, 5.41) is 3.15. The SMILES string of the molecule is O=C1C[C@@H](Nc2ccccc2)C(=O)N1c1ccc(N2CCOCC2)cc1. The molecule has 6 nitrogen and oxygen atoms in total. The average Bonchev–Trinajstić information content (AvgIpc) is 2.97. The van der Waals surface area contributed by atoms with Gasteiger partial charge in [0.2, 0.25) is 5.91 Å². The Morgan fingerprint density at radius 2 is 1.54 bits per heavy atom. The number of benzene rings is 2. The van der Waals surface area contributed by atoms with Crippen molar-refractivity contribution in [3.63, 3.8) is 0 Å². The van der Waals surface area contributed by atoms with Gasteiger partial charge >= 0.3 is 0 Å². The van der Waals surface area contributed by atoms with Crippen LogP contribution in [0.1, 0.15) is 6.42 Å². The van der Waals surface area contributed by atoms with Gasteiger partial charge < -0.3 is 15.0 Å². The minimum Gasteiger partial charge on any atom is -0.378 e. The van der Waals surface area contributed by atoms with Crippen molar-refractivity contribution in [2.24, 2.45) is 0 Å². The number of carbonyl (C=O) groups excluding carboxylic acids is 2. The third kappa shape index (κ3) is 3.28. The lowest BCUT2D eigenvalue weighted by Gasteiger charge is -2.29. The summed E-state index contributed by atoms with van der Waals surface area (Å²) in [5.74, 6) is -0.388. The van der Waals surface area contributed by atoms with Crippen molar-refractivity contribution in [2.45, 2.75) is 12.5 Å². The van der Waals surface area contributed by atoms with E-state index in [-0.39, 0.29) is 18.2 Å².